The molecule has 1 unspecified atom stereocenters. The van der Waals surface area contributed by atoms with Gasteiger partial charge >= 0.3 is 0 Å². The van der Waals surface area contributed by atoms with E-state index in [1.807, 2.05) is 42.5 Å². The number of benzene rings is 4. The maximum Gasteiger partial charge on any atom is 0.168 e. The van der Waals surface area contributed by atoms with Crippen molar-refractivity contribution >= 4 is 23.3 Å². The Morgan fingerprint density at radius 2 is 1.26 bits per heavy atom. The van der Waals surface area contributed by atoms with E-state index in [-0.39, 0.29) is 0 Å². The molecule has 1 atom stereocenters. The fraction of sp³-hybridized carbons (Fsp3) is 0.103. The summed E-state index contributed by atoms with van der Waals surface area (Å²) in [6, 6.07) is 35.3. The molecule has 1 heterocycles. The van der Waals surface area contributed by atoms with E-state index in [1.54, 1.807) is 0 Å². The molecule has 2 heteroatoms. The Hall–Kier alpha value is -3.15. The highest BCUT2D eigenvalue weighted by atomic mass is 31.2. The number of allylic oxidation sites excluding steroid dienone is 1. The topological polar surface area (TPSA) is 17.1 Å². The van der Waals surface area contributed by atoms with Gasteiger partial charge in [-0.15, -0.1) is 0 Å². The number of fused-ring (bicyclic) bond motifs is 1. The third-order valence-corrected chi connectivity index (χ3v) is 9.25. The van der Waals surface area contributed by atoms with E-state index in [0.717, 1.165) is 32.6 Å². The summed E-state index contributed by atoms with van der Waals surface area (Å²) < 4.78 is 15.1. The van der Waals surface area contributed by atoms with Crippen LogP contribution in [0.15, 0.2) is 108 Å². The van der Waals surface area contributed by atoms with Crippen molar-refractivity contribution in [3.63, 3.8) is 0 Å². The zero-order chi connectivity index (χ0) is 21.4. The van der Waals surface area contributed by atoms with Gasteiger partial charge in [-0.05, 0) is 36.1 Å². The lowest BCUT2D eigenvalue weighted by Gasteiger charge is -2.20. The van der Waals surface area contributed by atoms with Crippen LogP contribution in [-0.4, -0.2) is 0 Å². The highest BCUT2D eigenvalue weighted by molar-refractivity contribution is 7.83. The Kier molecular flexibility index (Phi) is 5.00. The minimum Gasteiger partial charge on any atom is -0.309 e. The van der Waals surface area contributed by atoms with Crippen LogP contribution < -0.4 is 10.6 Å². The van der Waals surface area contributed by atoms with Crippen LogP contribution in [0.25, 0.3) is 5.57 Å². The van der Waals surface area contributed by atoms with Crippen LogP contribution in [0.4, 0.5) is 0 Å². The largest absolute Gasteiger partial charge is 0.309 e. The average molecular weight is 420 g/mol. The molecule has 0 aromatic heterocycles. The monoisotopic (exact) mass is 420 g/mol. The Morgan fingerprint density at radius 3 is 1.94 bits per heavy atom. The Bertz CT molecular complexity index is 1310. The minimum absolute atomic E-state index is 0.674. The Balaban J connectivity index is 1.82. The van der Waals surface area contributed by atoms with Gasteiger partial charge in [-0.25, -0.2) is 0 Å². The lowest BCUT2D eigenvalue weighted by molar-refractivity contribution is 0.590. The van der Waals surface area contributed by atoms with Crippen LogP contribution >= 0.6 is 7.14 Å². The minimum atomic E-state index is -2.96. The van der Waals surface area contributed by atoms with E-state index >= 15 is 4.57 Å². The van der Waals surface area contributed by atoms with Crippen LogP contribution in [0.2, 0.25) is 0 Å². The third kappa shape index (κ3) is 3.40. The summed E-state index contributed by atoms with van der Waals surface area (Å²) in [6.45, 7) is 4.26. The first-order valence-corrected chi connectivity index (χ1v) is 12.4. The number of hydrogen-bond acceptors (Lipinski definition) is 1. The highest BCUT2D eigenvalue weighted by Crippen LogP contribution is 2.61. The molecule has 4 aromatic rings. The molecular weight excluding hydrogens is 395 g/mol. The molecule has 1 aliphatic rings. The predicted molar refractivity (Wildman–Crippen MR) is 132 cm³/mol. The summed E-state index contributed by atoms with van der Waals surface area (Å²) in [5, 5.41) is 2.91. The van der Waals surface area contributed by atoms with E-state index in [1.165, 1.54) is 16.7 Å². The fourth-order valence-corrected chi connectivity index (χ4v) is 8.11. The lowest BCUT2D eigenvalue weighted by atomic mass is 9.95. The molecule has 0 spiro atoms. The predicted octanol–water partition coefficient (Wildman–Crippen LogP) is 6.63. The van der Waals surface area contributed by atoms with Gasteiger partial charge in [0.25, 0.3) is 0 Å². The molecule has 152 valence electrons. The van der Waals surface area contributed by atoms with Gasteiger partial charge in [0, 0.05) is 22.3 Å². The molecule has 0 fully saturated rings. The lowest BCUT2D eigenvalue weighted by Crippen LogP contribution is -2.16. The van der Waals surface area contributed by atoms with E-state index in [2.05, 4.69) is 74.5 Å². The maximum atomic E-state index is 15.1. The SMILES string of the molecule is Cc1cc(C)cc(CC2=C(c3ccccc3)c3ccccc3P2(=O)c2ccccc2)c1. The maximum absolute atomic E-state index is 15.1. The number of aryl methyl sites for hydroxylation is 2. The van der Waals surface area contributed by atoms with Crippen LogP contribution in [0.3, 0.4) is 0 Å². The van der Waals surface area contributed by atoms with Crippen molar-refractivity contribution in [2.24, 2.45) is 0 Å². The van der Waals surface area contributed by atoms with Gasteiger partial charge in [0.2, 0.25) is 0 Å². The first-order valence-electron chi connectivity index (χ1n) is 10.7. The molecule has 5 rings (SSSR count). The molecule has 0 aliphatic carbocycles. The highest BCUT2D eigenvalue weighted by Gasteiger charge is 2.42. The van der Waals surface area contributed by atoms with Crippen molar-refractivity contribution in [2.45, 2.75) is 20.3 Å². The van der Waals surface area contributed by atoms with E-state index in [4.69, 9.17) is 0 Å². The quantitative estimate of drug-likeness (QED) is 0.339. The van der Waals surface area contributed by atoms with Gasteiger partial charge in [0.15, 0.2) is 7.14 Å². The van der Waals surface area contributed by atoms with Gasteiger partial charge in [0.05, 0.1) is 0 Å². The van der Waals surface area contributed by atoms with Crippen LogP contribution in [0.5, 0.6) is 0 Å². The molecule has 0 radical (unpaired) electrons. The summed E-state index contributed by atoms with van der Waals surface area (Å²) in [7, 11) is -2.96. The van der Waals surface area contributed by atoms with E-state index in [9.17, 15) is 0 Å². The van der Waals surface area contributed by atoms with E-state index < -0.39 is 7.14 Å². The van der Waals surface area contributed by atoms with Crippen LogP contribution in [-0.2, 0) is 11.0 Å². The van der Waals surface area contributed by atoms with Gasteiger partial charge in [-0.3, -0.25) is 0 Å². The molecule has 0 saturated heterocycles. The van der Waals surface area contributed by atoms with Crippen LogP contribution in [0.1, 0.15) is 27.8 Å². The molecule has 1 nitrogen and oxygen atoms in total. The fourth-order valence-electron chi connectivity index (χ4n) is 4.84. The summed E-state index contributed by atoms with van der Waals surface area (Å²) in [5.74, 6) is 0. The molecule has 31 heavy (non-hydrogen) atoms. The van der Waals surface area contributed by atoms with Crippen molar-refractivity contribution in [3.8, 4) is 0 Å². The number of rotatable bonds is 4. The molecular formula is C29H25OP. The summed E-state index contributed by atoms with van der Waals surface area (Å²) in [4.78, 5) is 0. The molecule has 0 amide bonds. The van der Waals surface area contributed by atoms with Gasteiger partial charge < -0.3 is 4.57 Å². The van der Waals surface area contributed by atoms with Crippen LogP contribution in [0, 0.1) is 13.8 Å². The second-order valence-corrected chi connectivity index (χ2v) is 11.1. The zero-order valence-electron chi connectivity index (χ0n) is 17.9. The molecule has 0 bridgehead atoms. The van der Waals surface area contributed by atoms with Crippen molar-refractivity contribution in [1.29, 1.82) is 0 Å². The molecule has 4 aromatic carbocycles. The van der Waals surface area contributed by atoms with Crippen molar-refractivity contribution < 1.29 is 4.57 Å². The normalized spacial score (nSPS) is 17.6. The summed E-state index contributed by atoms with van der Waals surface area (Å²) in [5.41, 5.74) is 7.04. The zero-order valence-corrected chi connectivity index (χ0v) is 18.8. The van der Waals surface area contributed by atoms with Crippen molar-refractivity contribution in [2.75, 3.05) is 0 Å². The number of hydrogen-bond donors (Lipinski definition) is 0. The third-order valence-electron chi connectivity index (χ3n) is 6.02. The van der Waals surface area contributed by atoms with Gasteiger partial charge in [-0.1, -0.05) is 114 Å². The van der Waals surface area contributed by atoms with Crippen molar-refractivity contribution in [3.05, 3.63) is 136 Å². The summed E-state index contributed by atoms with van der Waals surface area (Å²) in [6.07, 6.45) is 0.674. The van der Waals surface area contributed by atoms with Crippen molar-refractivity contribution in [1.82, 2.24) is 0 Å². The first kappa shape index (κ1) is 19.8. The second kappa shape index (κ2) is 7.84. The Morgan fingerprint density at radius 1 is 0.677 bits per heavy atom. The second-order valence-electron chi connectivity index (χ2n) is 8.32. The molecule has 0 saturated carbocycles. The molecule has 1 aliphatic heterocycles. The smallest absolute Gasteiger partial charge is 0.168 e. The van der Waals surface area contributed by atoms with Gasteiger partial charge in [0.1, 0.15) is 0 Å². The van der Waals surface area contributed by atoms with Gasteiger partial charge in [-0.2, -0.15) is 0 Å². The first-order chi connectivity index (χ1) is 15.1. The molecule has 0 N–H and O–H groups in total. The standard InChI is InChI=1S/C29H25OP/c1-21-17-22(2)19-23(18-21)20-28-29(24-11-5-3-6-12-24)26-15-9-10-16-27(26)31(28,30)25-13-7-4-8-14-25/h3-19H,20H2,1-2H3. The average Bonchev–Trinajstić information content (AvgIpc) is 3.04. The Labute approximate surface area is 184 Å². The van der Waals surface area contributed by atoms with E-state index in [0.29, 0.717) is 6.42 Å². The summed E-state index contributed by atoms with van der Waals surface area (Å²) >= 11 is 0.